The zero-order chi connectivity index (χ0) is 10.6. The number of carbonyl (C=O) groups is 2. The molecule has 1 rings (SSSR count). The zero-order valence-electron chi connectivity index (χ0n) is 8.20. The van der Waals surface area contributed by atoms with Crippen LogP contribution in [0, 0.1) is 0 Å². The summed E-state index contributed by atoms with van der Waals surface area (Å²) in [7, 11) is 3.02. The van der Waals surface area contributed by atoms with Crippen LogP contribution < -0.4 is 10.6 Å². The van der Waals surface area contributed by atoms with Crippen molar-refractivity contribution >= 4 is 11.8 Å². The van der Waals surface area contributed by atoms with E-state index in [-0.39, 0.29) is 18.2 Å². The maximum atomic E-state index is 11.1. The zero-order valence-corrected chi connectivity index (χ0v) is 8.20. The van der Waals surface area contributed by atoms with Crippen LogP contribution in [0.5, 0.6) is 0 Å². The average Bonchev–Trinajstić information content (AvgIpc) is 2.47. The Bertz CT molecular complexity index is 227. The fourth-order valence-electron chi connectivity index (χ4n) is 1.22. The molecule has 6 heteroatoms. The van der Waals surface area contributed by atoms with Crippen LogP contribution in [0.3, 0.4) is 0 Å². The summed E-state index contributed by atoms with van der Waals surface area (Å²) in [5.74, 6) is -0.542. The van der Waals surface area contributed by atoms with E-state index < -0.39 is 12.3 Å². The molecule has 80 valence electrons. The predicted molar refractivity (Wildman–Crippen MR) is 47.4 cm³/mol. The Morgan fingerprint density at radius 1 is 1.50 bits per heavy atom. The minimum absolute atomic E-state index is 0.180. The van der Waals surface area contributed by atoms with E-state index in [1.165, 1.54) is 14.2 Å². The van der Waals surface area contributed by atoms with Crippen LogP contribution in [-0.4, -0.2) is 44.9 Å². The molecule has 1 heterocycles. The molecule has 0 saturated carbocycles. The van der Waals surface area contributed by atoms with Gasteiger partial charge in [-0.3, -0.25) is 14.9 Å². The molecule has 0 aromatic rings. The molecule has 0 spiro atoms. The number of nitrogens with one attached hydrogen (secondary N) is 2. The van der Waals surface area contributed by atoms with Crippen molar-refractivity contribution in [2.75, 3.05) is 20.8 Å². The SMILES string of the molecule is COC(CNC1CC(=O)NC1=O)OC. The summed E-state index contributed by atoms with van der Waals surface area (Å²) in [6, 6.07) is -0.463. The van der Waals surface area contributed by atoms with E-state index in [4.69, 9.17) is 9.47 Å². The van der Waals surface area contributed by atoms with Crippen molar-refractivity contribution in [1.82, 2.24) is 10.6 Å². The largest absolute Gasteiger partial charge is 0.355 e. The number of hydrogen-bond acceptors (Lipinski definition) is 5. The smallest absolute Gasteiger partial charge is 0.244 e. The van der Waals surface area contributed by atoms with Crippen molar-refractivity contribution in [3.05, 3.63) is 0 Å². The molecule has 0 aromatic carbocycles. The van der Waals surface area contributed by atoms with Crippen LogP contribution in [0.1, 0.15) is 6.42 Å². The molecular formula is C8H14N2O4. The molecule has 0 aliphatic carbocycles. The molecule has 6 nitrogen and oxygen atoms in total. The third-order valence-corrected chi connectivity index (χ3v) is 2.03. The average molecular weight is 202 g/mol. The van der Waals surface area contributed by atoms with Gasteiger partial charge in [-0.1, -0.05) is 0 Å². The van der Waals surface area contributed by atoms with E-state index in [0.717, 1.165) is 0 Å². The fraction of sp³-hybridized carbons (Fsp3) is 0.750. The van der Waals surface area contributed by atoms with E-state index >= 15 is 0 Å². The first-order valence-corrected chi connectivity index (χ1v) is 4.30. The molecule has 14 heavy (non-hydrogen) atoms. The summed E-state index contributed by atoms with van der Waals surface area (Å²) in [4.78, 5) is 21.9. The normalized spacial score (nSPS) is 21.8. The second-order valence-corrected chi connectivity index (χ2v) is 2.98. The highest BCUT2D eigenvalue weighted by molar-refractivity contribution is 6.05. The van der Waals surface area contributed by atoms with Crippen molar-refractivity contribution in [3.63, 3.8) is 0 Å². The lowest BCUT2D eigenvalue weighted by atomic mass is 10.2. The van der Waals surface area contributed by atoms with Crippen molar-refractivity contribution in [2.24, 2.45) is 0 Å². The molecule has 2 amide bonds. The second kappa shape index (κ2) is 5.04. The van der Waals surface area contributed by atoms with Gasteiger partial charge in [-0.05, 0) is 0 Å². The number of methoxy groups -OCH3 is 2. The molecule has 1 atom stereocenters. The number of ether oxygens (including phenoxy) is 2. The van der Waals surface area contributed by atoms with Gasteiger partial charge in [0, 0.05) is 20.8 Å². The van der Waals surface area contributed by atoms with Gasteiger partial charge in [0.1, 0.15) is 0 Å². The Morgan fingerprint density at radius 3 is 2.57 bits per heavy atom. The third-order valence-electron chi connectivity index (χ3n) is 2.03. The summed E-state index contributed by atoms with van der Waals surface area (Å²) in [5.41, 5.74) is 0. The maximum Gasteiger partial charge on any atom is 0.244 e. The summed E-state index contributed by atoms with van der Waals surface area (Å²) >= 11 is 0. The Morgan fingerprint density at radius 2 is 2.14 bits per heavy atom. The first kappa shape index (κ1) is 11.1. The van der Waals surface area contributed by atoms with Gasteiger partial charge in [-0.25, -0.2) is 0 Å². The van der Waals surface area contributed by atoms with Crippen LogP contribution in [0.15, 0.2) is 0 Å². The Labute approximate surface area is 81.9 Å². The highest BCUT2D eigenvalue weighted by Crippen LogP contribution is 2.01. The van der Waals surface area contributed by atoms with Crippen molar-refractivity contribution in [2.45, 2.75) is 18.8 Å². The Balaban J connectivity index is 2.31. The first-order valence-electron chi connectivity index (χ1n) is 4.30. The second-order valence-electron chi connectivity index (χ2n) is 2.98. The standard InChI is InChI=1S/C8H14N2O4/c1-13-7(14-2)4-9-5-3-6(11)10-8(5)12/h5,7,9H,3-4H2,1-2H3,(H,10,11,12). The van der Waals surface area contributed by atoms with Crippen LogP contribution >= 0.6 is 0 Å². The molecule has 0 radical (unpaired) electrons. The molecule has 1 aliphatic rings. The van der Waals surface area contributed by atoms with E-state index in [2.05, 4.69) is 10.6 Å². The fourth-order valence-corrected chi connectivity index (χ4v) is 1.22. The van der Waals surface area contributed by atoms with Gasteiger partial charge in [0.05, 0.1) is 12.5 Å². The molecule has 1 saturated heterocycles. The number of imide groups is 1. The minimum atomic E-state index is -0.463. The van der Waals surface area contributed by atoms with Gasteiger partial charge in [-0.15, -0.1) is 0 Å². The van der Waals surface area contributed by atoms with E-state index in [1.54, 1.807) is 0 Å². The summed E-state index contributed by atoms with van der Waals surface area (Å²) < 4.78 is 9.84. The van der Waals surface area contributed by atoms with Crippen LogP contribution in [-0.2, 0) is 19.1 Å². The van der Waals surface area contributed by atoms with Gasteiger partial charge in [0.25, 0.3) is 0 Å². The Kier molecular flexibility index (Phi) is 3.99. The molecule has 1 aliphatic heterocycles. The third kappa shape index (κ3) is 2.76. The quantitative estimate of drug-likeness (QED) is 0.424. The van der Waals surface area contributed by atoms with Crippen LogP contribution in [0.2, 0.25) is 0 Å². The highest BCUT2D eigenvalue weighted by Gasteiger charge is 2.30. The van der Waals surface area contributed by atoms with E-state index in [9.17, 15) is 9.59 Å². The summed E-state index contributed by atoms with van der Waals surface area (Å²) in [6.45, 7) is 0.373. The number of hydrogen-bond donors (Lipinski definition) is 2. The summed E-state index contributed by atoms with van der Waals surface area (Å²) in [5, 5.41) is 5.09. The molecule has 1 fully saturated rings. The van der Waals surface area contributed by atoms with Gasteiger partial charge in [0.15, 0.2) is 6.29 Å². The number of amides is 2. The van der Waals surface area contributed by atoms with Gasteiger partial charge in [-0.2, -0.15) is 0 Å². The van der Waals surface area contributed by atoms with Crippen molar-refractivity contribution in [1.29, 1.82) is 0 Å². The molecule has 1 unspecified atom stereocenters. The lowest BCUT2D eigenvalue weighted by Gasteiger charge is -2.15. The number of rotatable bonds is 5. The molecule has 0 bridgehead atoms. The number of carbonyl (C=O) groups excluding carboxylic acids is 2. The van der Waals surface area contributed by atoms with Gasteiger partial charge < -0.3 is 14.8 Å². The topological polar surface area (TPSA) is 76.7 Å². The molecule has 0 aromatic heterocycles. The monoisotopic (exact) mass is 202 g/mol. The maximum absolute atomic E-state index is 11.1. The molecular weight excluding hydrogens is 188 g/mol. The molecule has 2 N–H and O–H groups in total. The predicted octanol–water partition coefficient (Wildman–Crippen LogP) is -1.39. The van der Waals surface area contributed by atoms with E-state index in [1.807, 2.05) is 0 Å². The summed E-state index contributed by atoms with van der Waals surface area (Å²) in [6.07, 6.45) is -0.225. The van der Waals surface area contributed by atoms with Gasteiger partial charge in [0.2, 0.25) is 11.8 Å². The first-order chi connectivity index (χ1) is 6.67. The van der Waals surface area contributed by atoms with Crippen molar-refractivity contribution < 1.29 is 19.1 Å². The Hall–Kier alpha value is -0.980. The van der Waals surface area contributed by atoms with Gasteiger partial charge >= 0.3 is 0 Å². The lowest BCUT2D eigenvalue weighted by Crippen LogP contribution is -2.41. The van der Waals surface area contributed by atoms with Crippen molar-refractivity contribution in [3.8, 4) is 0 Å². The van der Waals surface area contributed by atoms with Crippen LogP contribution in [0.4, 0.5) is 0 Å². The minimum Gasteiger partial charge on any atom is -0.355 e. The van der Waals surface area contributed by atoms with E-state index in [0.29, 0.717) is 6.54 Å². The highest BCUT2D eigenvalue weighted by atomic mass is 16.7. The lowest BCUT2D eigenvalue weighted by molar-refractivity contribution is -0.125. The van der Waals surface area contributed by atoms with Crippen LogP contribution in [0.25, 0.3) is 0 Å².